The molecule has 1 N–H and O–H groups in total. The van der Waals surface area contributed by atoms with Gasteiger partial charge < -0.3 is 5.32 Å². The van der Waals surface area contributed by atoms with Crippen molar-refractivity contribution in [2.24, 2.45) is 0 Å². The van der Waals surface area contributed by atoms with Crippen LogP contribution in [0.25, 0.3) is 5.82 Å². The van der Waals surface area contributed by atoms with E-state index in [1.54, 1.807) is 29.2 Å². The summed E-state index contributed by atoms with van der Waals surface area (Å²) in [5.74, 6) is 1.53. The minimum atomic E-state index is -0.190. The Kier molecular flexibility index (Phi) is 3.52. The third-order valence-electron chi connectivity index (χ3n) is 4.25. The predicted molar refractivity (Wildman–Crippen MR) is 89.8 cm³/mol. The minimum Gasteiger partial charge on any atom is -0.365 e. The van der Waals surface area contributed by atoms with E-state index in [1.807, 2.05) is 26.0 Å². The molecule has 0 aliphatic heterocycles. The van der Waals surface area contributed by atoms with Crippen LogP contribution in [0.2, 0.25) is 0 Å². The fraction of sp³-hybridized carbons (Fsp3) is 0.278. The highest BCUT2D eigenvalue weighted by Gasteiger charge is 2.38. The van der Waals surface area contributed by atoms with Crippen molar-refractivity contribution in [3.8, 4) is 5.82 Å². The van der Waals surface area contributed by atoms with Gasteiger partial charge in [0, 0.05) is 17.7 Å². The molecule has 0 unspecified atom stereocenters. The van der Waals surface area contributed by atoms with Crippen LogP contribution >= 0.6 is 0 Å². The van der Waals surface area contributed by atoms with Gasteiger partial charge in [-0.2, -0.15) is 5.10 Å². The molecule has 0 radical (unpaired) electrons. The summed E-state index contributed by atoms with van der Waals surface area (Å²) in [5.41, 5.74) is 2.99. The second-order valence-electron chi connectivity index (χ2n) is 6.25. The summed E-state index contributed by atoms with van der Waals surface area (Å²) >= 11 is 0. The highest BCUT2D eigenvalue weighted by atomic mass is 19.1. The molecule has 6 heteroatoms. The Morgan fingerprint density at radius 1 is 1.21 bits per heavy atom. The highest BCUT2D eigenvalue weighted by molar-refractivity contribution is 5.42. The van der Waals surface area contributed by atoms with E-state index in [0.29, 0.717) is 17.6 Å². The van der Waals surface area contributed by atoms with Gasteiger partial charge in [-0.1, -0.05) is 12.1 Å². The number of anilines is 1. The van der Waals surface area contributed by atoms with Crippen LogP contribution in [0.1, 0.15) is 29.3 Å². The van der Waals surface area contributed by atoms with Crippen LogP contribution in [0.5, 0.6) is 0 Å². The smallest absolute Gasteiger partial charge is 0.174 e. The molecule has 0 spiro atoms. The fourth-order valence-corrected chi connectivity index (χ4v) is 3.04. The molecule has 1 saturated carbocycles. The summed E-state index contributed by atoms with van der Waals surface area (Å²) in [5, 5.41) is 7.82. The summed E-state index contributed by atoms with van der Waals surface area (Å²) < 4.78 is 15.1. The van der Waals surface area contributed by atoms with Crippen molar-refractivity contribution in [1.82, 2.24) is 19.7 Å². The highest BCUT2D eigenvalue weighted by Crippen LogP contribution is 2.42. The van der Waals surface area contributed by atoms with E-state index in [2.05, 4.69) is 20.4 Å². The van der Waals surface area contributed by atoms with Crippen LogP contribution in [0.3, 0.4) is 0 Å². The molecule has 5 nitrogen and oxygen atoms in total. The molecule has 1 aliphatic carbocycles. The number of hydrogen-bond donors (Lipinski definition) is 1. The summed E-state index contributed by atoms with van der Waals surface area (Å²) in [6, 6.07) is 9.05. The van der Waals surface area contributed by atoms with Crippen LogP contribution in [0, 0.1) is 19.7 Å². The number of aromatic nitrogens is 4. The molecule has 0 bridgehead atoms. The van der Waals surface area contributed by atoms with Gasteiger partial charge in [0.2, 0.25) is 0 Å². The van der Waals surface area contributed by atoms with Crippen molar-refractivity contribution in [2.45, 2.75) is 32.2 Å². The summed E-state index contributed by atoms with van der Waals surface area (Å²) in [4.78, 5) is 8.85. The van der Waals surface area contributed by atoms with Crippen LogP contribution in [0.15, 0.2) is 42.7 Å². The van der Waals surface area contributed by atoms with Crippen molar-refractivity contribution in [3.63, 3.8) is 0 Å². The molecule has 0 amide bonds. The number of rotatable bonds is 4. The Bertz CT molecular complexity index is 889. The molecule has 1 fully saturated rings. The topological polar surface area (TPSA) is 55.6 Å². The number of benzene rings is 1. The normalized spacial score (nSPS) is 19.3. The van der Waals surface area contributed by atoms with Gasteiger partial charge in [0.25, 0.3) is 0 Å². The lowest BCUT2D eigenvalue weighted by Crippen LogP contribution is -2.09. The maximum Gasteiger partial charge on any atom is 0.174 e. The van der Waals surface area contributed by atoms with E-state index in [0.717, 1.165) is 23.4 Å². The van der Waals surface area contributed by atoms with Gasteiger partial charge in [-0.3, -0.25) is 4.98 Å². The number of nitrogens with zero attached hydrogens (tertiary/aromatic N) is 4. The van der Waals surface area contributed by atoms with Crippen molar-refractivity contribution in [3.05, 3.63) is 65.5 Å². The molecule has 1 aliphatic rings. The molecule has 3 aromatic rings. The Balaban J connectivity index is 1.50. The molecule has 1 aromatic carbocycles. The Morgan fingerprint density at radius 2 is 2.08 bits per heavy atom. The van der Waals surface area contributed by atoms with Crippen molar-refractivity contribution in [1.29, 1.82) is 0 Å². The van der Waals surface area contributed by atoms with Gasteiger partial charge >= 0.3 is 0 Å². The largest absolute Gasteiger partial charge is 0.365 e. The minimum absolute atomic E-state index is 0.190. The molecule has 24 heavy (non-hydrogen) atoms. The second kappa shape index (κ2) is 5.70. The molecule has 2 heterocycles. The first-order valence-corrected chi connectivity index (χ1v) is 7.98. The first kappa shape index (κ1) is 14.8. The zero-order valence-corrected chi connectivity index (χ0v) is 13.6. The van der Waals surface area contributed by atoms with Gasteiger partial charge in [-0.05, 0) is 44.0 Å². The molecule has 0 saturated heterocycles. The second-order valence-corrected chi connectivity index (χ2v) is 6.25. The van der Waals surface area contributed by atoms with Gasteiger partial charge in [-0.25, -0.2) is 14.1 Å². The van der Waals surface area contributed by atoms with Crippen LogP contribution in [-0.2, 0) is 0 Å². The lowest BCUT2D eigenvalue weighted by Gasteiger charge is -2.08. The Morgan fingerprint density at radius 3 is 2.83 bits per heavy atom. The summed E-state index contributed by atoms with van der Waals surface area (Å²) in [6.07, 6.45) is 4.37. The Hall–Kier alpha value is -2.76. The van der Waals surface area contributed by atoms with Crippen LogP contribution in [-0.4, -0.2) is 25.8 Å². The van der Waals surface area contributed by atoms with E-state index >= 15 is 0 Å². The average molecular weight is 323 g/mol. The van der Waals surface area contributed by atoms with Crippen molar-refractivity contribution < 1.29 is 4.39 Å². The van der Waals surface area contributed by atoms with Gasteiger partial charge in [0.05, 0.1) is 18.1 Å². The quantitative estimate of drug-likeness (QED) is 0.799. The van der Waals surface area contributed by atoms with E-state index in [1.165, 1.54) is 6.07 Å². The molecule has 2 atom stereocenters. The van der Waals surface area contributed by atoms with Crippen LogP contribution < -0.4 is 5.32 Å². The first-order chi connectivity index (χ1) is 11.6. The third kappa shape index (κ3) is 2.87. The van der Waals surface area contributed by atoms with Crippen molar-refractivity contribution in [2.75, 3.05) is 5.32 Å². The van der Waals surface area contributed by atoms with E-state index < -0.39 is 0 Å². The summed E-state index contributed by atoms with van der Waals surface area (Å²) in [7, 11) is 0. The van der Waals surface area contributed by atoms with E-state index in [9.17, 15) is 4.39 Å². The molecule has 2 aromatic heterocycles. The number of hydrogen-bond acceptors (Lipinski definition) is 4. The number of nitrogens with one attached hydrogen (secondary N) is 1. The predicted octanol–water partition coefficient (Wildman–Crippen LogP) is 3.39. The summed E-state index contributed by atoms with van der Waals surface area (Å²) in [6.45, 7) is 3.94. The average Bonchev–Trinajstić information content (AvgIpc) is 3.23. The molecular formula is C18H18FN5. The lowest BCUT2D eigenvalue weighted by molar-refractivity contribution is 0.625. The monoisotopic (exact) mass is 323 g/mol. The maximum absolute atomic E-state index is 13.3. The molecule has 4 rings (SSSR count). The Labute approximate surface area is 139 Å². The lowest BCUT2D eigenvalue weighted by atomic mass is 10.1. The molecular weight excluding hydrogens is 305 g/mol. The maximum atomic E-state index is 13.3. The zero-order valence-electron chi connectivity index (χ0n) is 13.6. The van der Waals surface area contributed by atoms with Gasteiger partial charge in [0.1, 0.15) is 11.6 Å². The van der Waals surface area contributed by atoms with Crippen molar-refractivity contribution >= 4 is 5.82 Å². The SMILES string of the molecule is Cc1cc(C)n(-c2cncc(N[C@@H]3C[C@H]3c3cccc(F)c3)n2)n1. The van der Waals surface area contributed by atoms with Crippen LogP contribution in [0.4, 0.5) is 10.2 Å². The number of halogens is 1. The van der Waals surface area contributed by atoms with Gasteiger partial charge in [-0.15, -0.1) is 0 Å². The fourth-order valence-electron chi connectivity index (χ4n) is 3.04. The van der Waals surface area contributed by atoms with E-state index in [-0.39, 0.29) is 11.9 Å². The zero-order chi connectivity index (χ0) is 16.7. The standard InChI is InChI=1S/C18H18FN5/c1-11-6-12(2)24(23-11)18-10-20-9-17(22-18)21-16-8-15(16)13-4-3-5-14(19)7-13/h3-7,9-10,15-16H,8H2,1-2H3,(H,21,22)/t15-,16+/m0/s1. The first-order valence-electron chi connectivity index (χ1n) is 7.98. The third-order valence-corrected chi connectivity index (χ3v) is 4.25. The van der Waals surface area contributed by atoms with Gasteiger partial charge in [0.15, 0.2) is 5.82 Å². The van der Waals surface area contributed by atoms with E-state index in [4.69, 9.17) is 0 Å². The molecule has 122 valence electrons. The number of aryl methyl sites for hydroxylation is 2.